The summed E-state index contributed by atoms with van der Waals surface area (Å²) in [6, 6.07) is 11.1. The monoisotopic (exact) mass is 631 g/mol. The van der Waals surface area contributed by atoms with Crippen molar-refractivity contribution in [3.05, 3.63) is 69.8 Å². The third-order valence-electron chi connectivity index (χ3n) is 7.45. The molecule has 43 heavy (non-hydrogen) atoms. The number of hydrogen-bond acceptors (Lipinski definition) is 6. The third kappa shape index (κ3) is 8.42. The molecule has 0 saturated heterocycles. The maximum atomic E-state index is 13.5. The van der Waals surface area contributed by atoms with Crippen molar-refractivity contribution in [1.82, 2.24) is 0 Å². The van der Waals surface area contributed by atoms with Gasteiger partial charge in [0.05, 0.1) is 22.7 Å². The van der Waals surface area contributed by atoms with Gasteiger partial charge in [0.25, 0.3) is 0 Å². The number of hydrogen-bond donors (Lipinski definition) is 2. The molecule has 0 unspecified atom stereocenters. The third-order valence-corrected chi connectivity index (χ3v) is 7.45. The van der Waals surface area contributed by atoms with Crippen molar-refractivity contribution in [2.75, 3.05) is 11.5 Å². The van der Waals surface area contributed by atoms with Crippen molar-refractivity contribution in [2.24, 2.45) is 9.98 Å². The first-order valence-electron chi connectivity index (χ1n) is 14.5. The van der Waals surface area contributed by atoms with Gasteiger partial charge in [0.15, 0.2) is 0 Å². The Morgan fingerprint density at radius 1 is 0.512 bits per heavy atom. The summed E-state index contributed by atoms with van der Waals surface area (Å²) in [5.74, 6) is -0.116. The van der Waals surface area contributed by atoms with Crippen molar-refractivity contribution < 1.29 is 27.3 Å². The van der Waals surface area contributed by atoms with Gasteiger partial charge >= 0.3 is 17.1 Å². The minimum absolute atomic E-state index is 0. The van der Waals surface area contributed by atoms with Gasteiger partial charge in [-0.05, 0) is 67.2 Å². The molecule has 0 bridgehead atoms. The Bertz CT molecular complexity index is 1430. The fraction of sp³-hybridized carbons (Fsp3) is 0.444. The Labute approximate surface area is 269 Å². The predicted octanol–water partition coefficient (Wildman–Crippen LogP) is 7.69. The molecule has 0 amide bonds. The fourth-order valence-electron chi connectivity index (χ4n) is 4.57. The van der Waals surface area contributed by atoms with E-state index in [1.165, 1.54) is 0 Å². The summed E-state index contributed by atoms with van der Waals surface area (Å²) < 4.78 is 0. The van der Waals surface area contributed by atoms with E-state index in [-0.39, 0.29) is 50.2 Å². The summed E-state index contributed by atoms with van der Waals surface area (Å²) in [7, 11) is 0. The van der Waals surface area contributed by atoms with Crippen molar-refractivity contribution in [3.8, 4) is 11.5 Å². The Morgan fingerprint density at radius 3 is 1.07 bits per heavy atom. The second kappa shape index (κ2) is 12.4. The molecule has 0 aromatic heterocycles. The van der Waals surface area contributed by atoms with E-state index in [4.69, 9.17) is 11.5 Å². The number of nitrogens with zero attached hydrogens (tertiary/aromatic N) is 2. The first kappa shape index (κ1) is 35.9. The summed E-state index contributed by atoms with van der Waals surface area (Å²) in [5, 5.41) is 27.0. The first-order chi connectivity index (χ1) is 19.0. The van der Waals surface area contributed by atoms with Crippen LogP contribution in [0.1, 0.15) is 116 Å². The molecule has 0 fully saturated rings. The molecule has 0 aliphatic heterocycles. The average Bonchev–Trinajstić information content (AvgIpc) is 2.82. The number of aliphatic imine (C=N–C) groups is 2. The van der Waals surface area contributed by atoms with Gasteiger partial charge in [-0.2, -0.15) is 0 Å². The minimum Gasteiger partial charge on any atom is -0.872 e. The van der Waals surface area contributed by atoms with Gasteiger partial charge in [-0.25, -0.2) is 0 Å². The molecule has 3 aromatic carbocycles. The molecule has 235 valence electrons. The van der Waals surface area contributed by atoms with Gasteiger partial charge in [-0.15, -0.1) is 0 Å². The molecule has 6 nitrogen and oxygen atoms in total. The van der Waals surface area contributed by atoms with Crippen molar-refractivity contribution in [1.29, 1.82) is 0 Å². The van der Waals surface area contributed by atoms with Crippen LogP contribution in [0.5, 0.6) is 11.5 Å². The van der Waals surface area contributed by atoms with Gasteiger partial charge in [-0.3, -0.25) is 9.98 Å². The van der Waals surface area contributed by atoms with Crippen LogP contribution in [-0.4, -0.2) is 12.4 Å². The quantitative estimate of drug-likeness (QED) is 0.174. The second-order valence-corrected chi connectivity index (χ2v) is 15.4. The van der Waals surface area contributed by atoms with E-state index in [2.05, 4.69) is 51.5 Å². The molecule has 0 aliphatic rings. The molecular formula is C36H48CuN4O2. The Morgan fingerprint density at radius 2 is 0.814 bits per heavy atom. The zero-order valence-corrected chi connectivity index (χ0v) is 28.7. The maximum Gasteiger partial charge on any atom is 2.00 e. The fourth-order valence-corrected chi connectivity index (χ4v) is 4.57. The second-order valence-electron chi connectivity index (χ2n) is 15.4. The van der Waals surface area contributed by atoms with Crippen LogP contribution in [-0.2, 0) is 38.7 Å². The standard InChI is InChI=1S/C36H50N4O2.Cu/c1-33(2,3)23-13-21(31(41)25(15-23)35(7,8)9)19-39-29-17-27(37)28(38)18-30(29)40-20-22-14-24(34(4,5)6)16-26(32(22)42)36(10,11)12;/h13-20,41-42H,37-38H2,1-12H3;/q;+2/p-2. The summed E-state index contributed by atoms with van der Waals surface area (Å²) in [5.41, 5.74) is 17.5. The van der Waals surface area contributed by atoms with E-state index in [0.29, 0.717) is 33.9 Å². The van der Waals surface area contributed by atoms with Crippen LogP contribution in [0.2, 0.25) is 0 Å². The van der Waals surface area contributed by atoms with Crippen LogP contribution in [0.4, 0.5) is 22.7 Å². The Hall–Kier alpha value is -3.28. The summed E-state index contributed by atoms with van der Waals surface area (Å²) >= 11 is 0. The maximum absolute atomic E-state index is 13.5. The topological polar surface area (TPSA) is 123 Å². The van der Waals surface area contributed by atoms with E-state index in [0.717, 1.165) is 22.3 Å². The normalized spacial score (nSPS) is 13.1. The van der Waals surface area contributed by atoms with Crippen molar-refractivity contribution in [2.45, 2.75) is 105 Å². The van der Waals surface area contributed by atoms with Crippen LogP contribution >= 0.6 is 0 Å². The number of rotatable bonds is 4. The zero-order valence-electron chi connectivity index (χ0n) is 27.8. The van der Waals surface area contributed by atoms with E-state index in [1.807, 2.05) is 65.8 Å². The van der Waals surface area contributed by atoms with E-state index < -0.39 is 0 Å². The molecule has 0 heterocycles. The number of nitrogen functional groups attached to an aromatic ring is 2. The molecule has 0 saturated carbocycles. The minimum atomic E-state index is -0.328. The van der Waals surface area contributed by atoms with Crippen LogP contribution in [0.25, 0.3) is 0 Å². The Balaban J connectivity index is 0.00000645. The zero-order chi connectivity index (χ0) is 32.0. The van der Waals surface area contributed by atoms with Gasteiger partial charge in [0.2, 0.25) is 0 Å². The number of anilines is 2. The van der Waals surface area contributed by atoms with Gasteiger partial charge in [-0.1, -0.05) is 119 Å². The summed E-state index contributed by atoms with van der Waals surface area (Å²) in [6.07, 6.45) is 3.15. The smallest absolute Gasteiger partial charge is 0.872 e. The SMILES string of the molecule is CC(C)(C)c1cc(C=Nc2cc(N)c(N)cc2N=Cc2cc(C(C)(C)C)cc(C(C)(C)C)c2[O-])c([O-])c(C(C)(C)C)c1.[Cu+2]. The van der Waals surface area contributed by atoms with Gasteiger partial charge in [0, 0.05) is 12.4 Å². The molecular weight excluding hydrogens is 584 g/mol. The predicted molar refractivity (Wildman–Crippen MR) is 176 cm³/mol. The molecule has 3 rings (SSSR count). The molecule has 0 atom stereocenters. The Kier molecular flexibility index (Phi) is 10.3. The van der Waals surface area contributed by atoms with Crippen LogP contribution in [0.3, 0.4) is 0 Å². The van der Waals surface area contributed by atoms with E-state index in [9.17, 15) is 10.2 Å². The molecule has 0 spiro atoms. The van der Waals surface area contributed by atoms with Crippen molar-refractivity contribution in [3.63, 3.8) is 0 Å². The largest absolute Gasteiger partial charge is 2.00 e. The van der Waals surface area contributed by atoms with E-state index in [1.54, 1.807) is 24.6 Å². The van der Waals surface area contributed by atoms with E-state index >= 15 is 0 Å². The average molecular weight is 632 g/mol. The van der Waals surface area contributed by atoms with Crippen LogP contribution in [0.15, 0.2) is 46.4 Å². The first-order valence-corrected chi connectivity index (χ1v) is 14.5. The van der Waals surface area contributed by atoms with Crippen molar-refractivity contribution >= 4 is 35.2 Å². The summed E-state index contributed by atoms with van der Waals surface area (Å²) in [4.78, 5) is 9.36. The van der Waals surface area contributed by atoms with Gasteiger partial charge < -0.3 is 21.7 Å². The molecule has 3 aromatic rings. The molecule has 0 aliphatic carbocycles. The number of benzene rings is 3. The summed E-state index contributed by atoms with van der Waals surface area (Å²) in [6.45, 7) is 25.0. The number of nitrogens with two attached hydrogens (primary N) is 2. The molecule has 7 heteroatoms. The molecule has 1 radical (unpaired) electrons. The van der Waals surface area contributed by atoms with Crippen LogP contribution in [0, 0.1) is 0 Å². The van der Waals surface area contributed by atoms with Gasteiger partial charge in [0.1, 0.15) is 0 Å². The van der Waals surface area contributed by atoms with Crippen LogP contribution < -0.4 is 21.7 Å². The molecule has 4 N–H and O–H groups in total.